The third-order valence-electron chi connectivity index (χ3n) is 6.99. The molecule has 3 aliphatic rings. The molecule has 1 atom stereocenters. The SMILES string of the molecule is Cc1ccc(C(=O)N2CCC3(CC2)CC2(CO3)Nc3cc(Cl)ccc3-n3cccc32)o1. The summed E-state index contributed by atoms with van der Waals surface area (Å²) in [5, 5.41) is 4.48. The molecule has 0 radical (unpaired) electrons. The van der Waals surface area contributed by atoms with Crippen molar-refractivity contribution in [1.29, 1.82) is 0 Å². The number of nitrogens with zero attached hydrogens (tertiary/aromatic N) is 2. The van der Waals surface area contributed by atoms with Crippen molar-refractivity contribution in [3.8, 4) is 5.69 Å². The molecule has 2 aromatic heterocycles. The maximum atomic E-state index is 12.8. The Bertz CT molecular complexity index is 1170. The van der Waals surface area contributed by atoms with E-state index in [1.807, 2.05) is 36.1 Å². The summed E-state index contributed by atoms with van der Waals surface area (Å²) < 4.78 is 14.3. The molecule has 2 fully saturated rings. The molecule has 1 aromatic carbocycles. The van der Waals surface area contributed by atoms with Crippen molar-refractivity contribution < 1.29 is 13.9 Å². The number of aryl methyl sites for hydroxylation is 1. The molecular weight excluding hydrogens is 414 g/mol. The van der Waals surface area contributed by atoms with Gasteiger partial charge in [-0.1, -0.05) is 11.6 Å². The molecule has 0 bridgehead atoms. The van der Waals surface area contributed by atoms with Gasteiger partial charge in [0.2, 0.25) is 0 Å². The maximum Gasteiger partial charge on any atom is 0.289 e. The predicted molar refractivity (Wildman–Crippen MR) is 118 cm³/mol. The van der Waals surface area contributed by atoms with Crippen LogP contribution in [0.5, 0.6) is 0 Å². The fraction of sp³-hybridized carbons (Fsp3) is 0.375. The molecule has 3 aromatic rings. The second kappa shape index (κ2) is 6.65. The van der Waals surface area contributed by atoms with Crippen LogP contribution in [0.25, 0.3) is 5.69 Å². The number of hydrogen-bond acceptors (Lipinski definition) is 4. The van der Waals surface area contributed by atoms with Gasteiger partial charge < -0.3 is 23.9 Å². The quantitative estimate of drug-likeness (QED) is 0.597. The van der Waals surface area contributed by atoms with Crippen molar-refractivity contribution in [2.75, 3.05) is 25.0 Å². The number of benzene rings is 1. The lowest BCUT2D eigenvalue weighted by Crippen LogP contribution is -2.48. The zero-order chi connectivity index (χ0) is 21.2. The van der Waals surface area contributed by atoms with E-state index in [0.29, 0.717) is 30.5 Å². The topological polar surface area (TPSA) is 59.6 Å². The summed E-state index contributed by atoms with van der Waals surface area (Å²) in [7, 11) is 0. The van der Waals surface area contributed by atoms with Gasteiger partial charge in [-0.15, -0.1) is 0 Å². The van der Waals surface area contributed by atoms with Gasteiger partial charge in [-0.25, -0.2) is 0 Å². The number of halogens is 1. The molecule has 6 nitrogen and oxygen atoms in total. The van der Waals surface area contributed by atoms with E-state index >= 15 is 0 Å². The van der Waals surface area contributed by atoms with Crippen LogP contribution in [0, 0.1) is 6.92 Å². The summed E-state index contributed by atoms with van der Waals surface area (Å²) in [4.78, 5) is 14.7. The van der Waals surface area contributed by atoms with Crippen molar-refractivity contribution in [2.45, 2.75) is 37.3 Å². The number of carbonyl (C=O) groups excluding carboxylic acids is 1. The van der Waals surface area contributed by atoms with Gasteiger partial charge in [0, 0.05) is 30.7 Å². The van der Waals surface area contributed by atoms with E-state index < -0.39 is 0 Å². The first-order valence-corrected chi connectivity index (χ1v) is 11.1. The summed E-state index contributed by atoms with van der Waals surface area (Å²) in [6, 6.07) is 13.8. The summed E-state index contributed by atoms with van der Waals surface area (Å²) in [6.45, 7) is 3.77. The van der Waals surface area contributed by atoms with Crippen LogP contribution in [-0.4, -0.2) is 40.7 Å². The van der Waals surface area contributed by atoms with Gasteiger partial charge in [0.1, 0.15) is 11.3 Å². The Labute approximate surface area is 185 Å². The molecule has 7 heteroatoms. The molecule has 1 unspecified atom stereocenters. The molecule has 2 spiro atoms. The largest absolute Gasteiger partial charge is 0.456 e. The van der Waals surface area contributed by atoms with E-state index in [4.69, 9.17) is 20.8 Å². The number of anilines is 1. The highest BCUT2D eigenvalue weighted by molar-refractivity contribution is 6.31. The second-order valence-electron chi connectivity index (χ2n) is 8.98. The van der Waals surface area contributed by atoms with Gasteiger partial charge in [-0.05, 0) is 62.2 Å². The van der Waals surface area contributed by atoms with Crippen LogP contribution < -0.4 is 5.32 Å². The zero-order valence-corrected chi connectivity index (χ0v) is 18.1. The summed E-state index contributed by atoms with van der Waals surface area (Å²) in [5.74, 6) is 1.13. The third kappa shape index (κ3) is 2.92. The first-order chi connectivity index (χ1) is 15.0. The average molecular weight is 438 g/mol. The van der Waals surface area contributed by atoms with Gasteiger partial charge in [-0.2, -0.15) is 0 Å². The van der Waals surface area contributed by atoms with Crippen molar-refractivity contribution in [3.05, 3.63) is 70.9 Å². The number of nitrogens with one attached hydrogen (secondary N) is 1. The zero-order valence-electron chi connectivity index (χ0n) is 17.4. The molecule has 1 N–H and O–H groups in total. The Balaban J connectivity index is 1.24. The number of hydrogen-bond donors (Lipinski definition) is 1. The number of carbonyl (C=O) groups is 1. The van der Waals surface area contributed by atoms with Crippen molar-refractivity contribution in [3.63, 3.8) is 0 Å². The number of furan rings is 1. The molecule has 1 amide bonds. The van der Waals surface area contributed by atoms with E-state index in [1.54, 1.807) is 6.07 Å². The van der Waals surface area contributed by atoms with E-state index in [0.717, 1.165) is 36.4 Å². The van der Waals surface area contributed by atoms with Crippen LogP contribution in [-0.2, 0) is 10.3 Å². The van der Waals surface area contributed by atoms with Gasteiger partial charge in [0.05, 0.1) is 29.3 Å². The van der Waals surface area contributed by atoms with E-state index in [9.17, 15) is 4.79 Å². The van der Waals surface area contributed by atoms with Gasteiger partial charge in [0.25, 0.3) is 5.91 Å². The van der Waals surface area contributed by atoms with Gasteiger partial charge >= 0.3 is 0 Å². The van der Waals surface area contributed by atoms with Gasteiger partial charge in [-0.3, -0.25) is 4.79 Å². The van der Waals surface area contributed by atoms with Crippen molar-refractivity contribution >= 4 is 23.2 Å². The molecule has 0 saturated carbocycles. The van der Waals surface area contributed by atoms with Crippen LogP contribution in [0.2, 0.25) is 5.02 Å². The monoisotopic (exact) mass is 437 g/mol. The molecule has 160 valence electrons. The Kier molecular flexibility index (Phi) is 4.08. The lowest BCUT2D eigenvalue weighted by Gasteiger charge is -2.41. The van der Waals surface area contributed by atoms with E-state index in [1.165, 1.54) is 5.69 Å². The van der Waals surface area contributed by atoms with Crippen LogP contribution in [0.15, 0.2) is 53.1 Å². The predicted octanol–water partition coefficient (Wildman–Crippen LogP) is 4.75. The van der Waals surface area contributed by atoms with Crippen molar-refractivity contribution in [1.82, 2.24) is 9.47 Å². The Morgan fingerprint density at radius 2 is 2.00 bits per heavy atom. The fourth-order valence-corrected chi connectivity index (χ4v) is 5.61. The number of amides is 1. The Hall–Kier alpha value is -2.70. The number of fused-ring (bicyclic) bond motifs is 4. The normalized spacial score (nSPS) is 23.6. The highest BCUT2D eigenvalue weighted by Gasteiger charge is 2.54. The molecule has 5 heterocycles. The summed E-state index contributed by atoms with van der Waals surface area (Å²) in [6.07, 6.45) is 4.58. The smallest absolute Gasteiger partial charge is 0.289 e. The number of likely N-dealkylation sites (tertiary alicyclic amines) is 1. The van der Waals surface area contributed by atoms with Crippen LogP contribution in [0.1, 0.15) is 41.3 Å². The number of aromatic nitrogens is 1. The lowest BCUT2D eigenvalue weighted by atomic mass is 9.79. The fourth-order valence-electron chi connectivity index (χ4n) is 5.44. The Morgan fingerprint density at radius 3 is 2.77 bits per heavy atom. The first-order valence-electron chi connectivity index (χ1n) is 10.7. The first kappa shape index (κ1) is 19.0. The number of piperidine rings is 1. The van der Waals surface area contributed by atoms with Crippen LogP contribution in [0.3, 0.4) is 0 Å². The second-order valence-corrected chi connectivity index (χ2v) is 9.42. The van der Waals surface area contributed by atoms with Crippen molar-refractivity contribution in [2.24, 2.45) is 0 Å². The molecular formula is C24H24ClN3O3. The molecule has 6 rings (SSSR count). The maximum absolute atomic E-state index is 12.8. The van der Waals surface area contributed by atoms with Gasteiger partial charge in [0.15, 0.2) is 5.76 Å². The lowest BCUT2D eigenvalue weighted by molar-refractivity contribution is -0.0396. The average Bonchev–Trinajstić information content (AvgIpc) is 3.49. The molecule has 2 saturated heterocycles. The highest BCUT2D eigenvalue weighted by Crippen LogP contribution is 2.50. The molecule has 31 heavy (non-hydrogen) atoms. The Morgan fingerprint density at radius 1 is 1.16 bits per heavy atom. The highest BCUT2D eigenvalue weighted by atomic mass is 35.5. The summed E-state index contributed by atoms with van der Waals surface area (Å²) in [5.41, 5.74) is 2.80. The number of rotatable bonds is 1. The van der Waals surface area contributed by atoms with Crippen LogP contribution in [0.4, 0.5) is 5.69 Å². The minimum atomic E-state index is -0.300. The molecule has 0 aliphatic carbocycles. The standard InChI is InChI=1S/C24H24ClN3O3/c1-16-4-7-20(31-16)22(29)27-11-8-23(9-12-27)14-24(15-30-23)21-3-2-10-28(21)19-6-5-17(25)13-18(19)26-24/h2-7,10,13,26H,8-9,11-12,14-15H2,1H3. The summed E-state index contributed by atoms with van der Waals surface area (Å²) >= 11 is 6.29. The van der Waals surface area contributed by atoms with E-state index in [-0.39, 0.29) is 17.0 Å². The van der Waals surface area contributed by atoms with E-state index in [2.05, 4.69) is 28.2 Å². The number of ether oxygens (including phenoxy) is 1. The van der Waals surface area contributed by atoms with Crippen LogP contribution >= 0.6 is 11.6 Å². The minimum absolute atomic E-state index is 0.0381. The minimum Gasteiger partial charge on any atom is -0.456 e. The molecule has 3 aliphatic heterocycles. The third-order valence-corrected chi connectivity index (χ3v) is 7.23.